The van der Waals surface area contributed by atoms with Gasteiger partial charge < -0.3 is 5.73 Å². The van der Waals surface area contributed by atoms with E-state index in [0.717, 1.165) is 19.3 Å². The first-order chi connectivity index (χ1) is 4.85. The number of hydrogen-bond acceptors (Lipinski definition) is 4. The van der Waals surface area contributed by atoms with E-state index in [0.29, 0.717) is 6.54 Å². The maximum atomic E-state index is 10.0. The number of nitrogens with two attached hydrogens (primary N) is 2. The molecule has 0 rings (SSSR count). The molecule has 0 spiro atoms. The van der Waals surface area contributed by atoms with Gasteiger partial charge in [-0.15, -0.1) is 0 Å². The standard InChI is InChI=1S/C6H14N3O/c7-4-2-1-3-6(5-10)9-8/h6,9H,1-4,7-8H2/t6-/m0/s1. The fraction of sp³-hybridized carbons (Fsp3) is 0.833. The van der Waals surface area contributed by atoms with E-state index in [4.69, 9.17) is 11.6 Å². The number of hydrogen-bond donors (Lipinski definition) is 3. The van der Waals surface area contributed by atoms with Crippen LogP contribution < -0.4 is 17.0 Å². The van der Waals surface area contributed by atoms with E-state index in [1.165, 1.54) is 0 Å². The molecule has 4 heteroatoms. The summed E-state index contributed by atoms with van der Waals surface area (Å²) in [5.41, 5.74) is 7.59. The number of unbranched alkanes of at least 4 members (excludes halogenated alkanes) is 1. The van der Waals surface area contributed by atoms with E-state index in [1.807, 2.05) is 0 Å². The largest absolute Gasteiger partial charge is 0.330 e. The highest BCUT2D eigenvalue weighted by atomic mass is 16.1. The highest BCUT2D eigenvalue weighted by Gasteiger charge is 2.02. The lowest BCUT2D eigenvalue weighted by Gasteiger charge is -2.05. The third-order valence-electron chi connectivity index (χ3n) is 1.29. The van der Waals surface area contributed by atoms with Crippen molar-refractivity contribution in [3.8, 4) is 0 Å². The first kappa shape index (κ1) is 9.55. The van der Waals surface area contributed by atoms with Crippen LogP contribution in [0.25, 0.3) is 0 Å². The fourth-order valence-electron chi connectivity index (χ4n) is 0.669. The van der Waals surface area contributed by atoms with E-state index in [-0.39, 0.29) is 6.04 Å². The van der Waals surface area contributed by atoms with Crippen LogP contribution in [-0.2, 0) is 4.79 Å². The van der Waals surface area contributed by atoms with Gasteiger partial charge in [0.15, 0.2) is 0 Å². The van der Waals surface area contributed by atoms with Gasteiger partial charge in [0.2, 0.25) is 6.29 Å². The Morgan fingerprint density at radius 1 is 1.50 bits per heavy atom. The molecule has 0 unspecified atom stereocenters. The van der Waals surface area contributed by atoms with Gasteiger partial charge in [-0.1, -0.05) is 6.42 Å². The van der Waals surface area contributed by atoms with Gasteiger partial charge in [0.1, 0.15) is 0 Å². The summed E-state index contributed by atoms with van der Waals surface area (Å²) in [4.78, 5) is 10.0. The predicted octanol–water partition coefficient (Wildman–Crippen LogP) is -0.943. The van der Waals surface area contributed by atoms with Gasteiger partial charge in [0, 0.05) is 0 Å². The summed E-state index contributed by atoms with van der Waals surface area (Å²) in [6.45, 7) is 0.663. The Balaban J connectivity index is 3.17. The van der Waals surface area contributed by atoms with Crippen LogP contribution in [-0.4, -0.2) is 18.9 Å². The number of carbonyl (C=O) groups excluding carboxylic acids is 1. The average molecular weight is 144 g/mol. The van der Waals surface area contributed by atoms with Crippen LogP contribution in [0, 0.1) is 0 Å². The van der Waals surface area contributed by atoms with Gasteiger partial charge in [-0.25, -0.2) is 5.43 Å². The molecule has 0 aromatic carbocycles. The second-order valence-corrected chi connectivity index (χ2v) is 2.12. The zero-order chi connectivity index (χ0) is 7.82. The number of hydrazine groups is 1. The molecule has 0 saturated carbocycles. The molecular weight excluding hydrogens is 130 g/mol. The van der Waals surface area contributed by atoms with E-state index in [1.54, 1.807) is 6.29 Å². The van der Waals surface area contributed by atoms with Crippen molar-refractivity contribution < 1.29 is 4.79 Å². The van der Waals surface area contributed by atoms with Gasteiger partial charge in [-0.3, -0.25) is 10.6 Å². The molecule has 0 aliphatic carbocycles. The third kappa shape index (κ3) is 4.43. The maximum Gasteiger partial charge on any atom is 0.218 e. The molecule has 1 atom stereocenters. The summed E-state index contributed by atoms with van der Waals surface area (Å²) in [6.07, 6.45) is 4.35. The molecule has 0 aliphatic rings. The van der Waals surface area contributed by atoms with Crippen LogP contribution in [0.5, 0.6) is 0 Å². The van der Waals surface area contributed by atoms with Gasteiger partial charge in [0.25, 0.3) is 0 Å². The van der Waals surface area contributed by atoms with Crippen molar-refractivity contribution in [2.45, 2.75) is 25.3 Å². The molecule has 0 saturated heterocycles. The lowest BCUT2D eigenvalue weighted by molar-refractivity contribution is 0.496. The van der Waals surface area contributed by atoms with Crippen molar-refractivity contribution in [2.75, 3.05) is 6.54 Å². The highest BCUT2D eigenvalue weighted by Crippen LogP contribution is 1.96. The molecule has 5 N–H and O–H groups in total. The minimum Gasteiger partial charge on any atom is -0.330 e. The van der Waals surface area contributed by atoms with Crippen LogP contribution in [0.15, 0.2) is 0 Å². The molecule has 59 valence electrons. The Hall–Kier alpha value is -0.450. The average Bonchev–Trinajstić information content (AvgIpc) is 1.99. The Morgan fingerprint density at radius 3 is 2.60 bits per heavy atom. The minimum absolute atomic E-state index is 0.327. The van der Waals surface area contributed by atoms with E-state index in [2.05, 4.69) is 5.43 Å². The van der Waals surface area contributed by atoms with Crippen molar-refractivity contribution in [2.24, 2.45) is 11.6 Å². The molecule has 0 heterocycles. The highest BCUT2D eigenvalue weighted by molar-refractivity contribution is 5.58. The Labute approximate surface area is 60.9 Å². The SMILES string of the molecule is NCCCC[C@@H]([C]=O)NN. The van der Waals surface area contributed by atoms with Gasteiger partial charge in [-0.05, 0) is 19.4 Å². The van der Waals surface area contributed by atoms with Crippen LogP contribution in [0.1, 0.15) is 19.3 Å². The molecule has 0 aromatic heterocycles. The summed E-state index contributed by atoms with van der Waals surface area (Å²) < 4.78 is 0. The second kappa shape index (κ2) is 6.67. The molecule has 0 aliphatic heterocycles. The Kier molecular flexibility index (Phi) is 6.37. The van der Waals surface area contributed by atoms with Gasteiger partial charge >= 0.3 is 0 Å². The van der Waals surface area contributed by atoms with Crippen molar-refractivity contribution in [1.29, 1.82) is 0 Å². The molecule has 4 nitrogen and oxygen atoms in total. The molecule has 1 radical (unpaired) electrons. The predicted molar refractivity (Wildman–Crippen MR) is 39.7 cm³/mol. The smallest absolute Gasteiger partial charge is 0.218 e. The van der Waals surface area contributed by atoms with Crippen LogP contribution in [0.3, 0.4) is 0 Å². The van der Waals surface area contributed by atoms with Gasteiger partial charge in [-0.2, -0.15) is 0 Å². The monoisotopic (exact) mass is 144 g/mol. The Morgan fingerprint density at radius 2 is 2.20 bits per heavy atom. The van der Waals surface area contributed by atoms with Crippen LogP contribution >= 0.6 is 0 Å². The minimum atomic E-state index is -0.327. The molecule has 0 amide bonds. The van der Waals surface area contributed by atoms with Crippen LogP contribution in [0.4, 0.5) is 0 Å². The number of nitrogens with one attached hydrogen (secondary N) is 1. The van der Waals surface area contributed by atoms with Crippen molar-refractivity contribution in [1.82, 2.24) is 5.43 Å². The first-order valence-corrected chi connectivity index (χ1v) is 3.39. The number of rotatable bonds is 6. The lowest BCUT2D eigenvalue weighted by Crippen LogP contribution is -2.36. The van der Waals surface area contributed by atoms with E-state index >= 15 is 0 Å². The molecule has 0 aromatic rings. The molecular formula is C6H14N3O. The van der Waals surface area contributed by atoms with E-state index < -0.39 is 0 Å². The van der Waals surface area contributed by atoms with Gasteiger partial charge in [0.05, 0.1) is 6.04 Å². The second-order valence-electron chi connectivity index (χ2n) is 2.12. The summed E-state index contributed by atoms with van der Waals surface area (Å²) >= 11 is 0. The quantitative estimate of drug-likeness (QED) is 0.255. The Bertz CT molecular complexity index is 87.1. The summed E-state index contributed by atoms with van der Waals surface area (Å²) in [5, 5.41) is 0. The van der Waals surface area contributed by atoms with Crippen LogP contribution in [0.2, 0.25) is 0 Å². The van der Waals surface area contributed by atoms with E-state index in [9.17, 15) is 4.79 Å². The third-order valence-corrected chi connectivity index (χ3v) is 1.29. The molecule has 0 fully saturated rings. The fourth-order valence-corrected chi connectivity index (χ4v) is 0.669. The zero-order valence-electron chi connectivity index (χ0n) is 5.97. The van der Waals surface area contributed by atoms with Crippen molar-refractivity contribution >= 4 is 6.29 Å². The summed E-state index contributed by atoms with van der Waals surface area (Å²) in [5.74, 6) is 5.02. The van der Waals surface area contributed by atoms with Crippen molar-refractivity contribution in [3.63, 3.8) is 0 Å². The lowest BCUT2D eigenvalue weighted by atomic mass is 10.1. The molecule has 0 bridgehead atoms. The maximum absolute atomic E-state index is 10.0. The molecule has 10 heavy (non-hydrogen) atoms. The normalized spacial score (nSPS) is 13.0. The summed E-state index contributed by atoms with van der Waals surface area (Å²) in [6, 6.07) is -0.327. The van der Waals surface area contributed by atoms with Crippen molar-refractivity contribution in [3.05, 3.63) is 0 Å². The first-order valence-electron chi connectivity index (χ1n) is 3.39. The zero-order valence-corrected chi connectivity index (χ0v) is 5.97. The topological polar surface area (TPSA) is 81.1 Å². The summed E-state index contributed by atoms with van der Waals surface area (Å²) in [7, 11) is 0.